The van der Waals surface area contributed by atoms with Crippen molar-refractivity contribution in [3.05, 3.63) is 18.4 Å². The maximum atomic E-state index is 12.3. The second kappa shape index (κ2) is 6.56. The fourth-order valence-corrected chi connectivity index (χ4v) is 3.35. The van der Waals surface area contributed by atoms with Crippen LogP contribution in [0.15, 0.2) is 28.0 Å². The number of carbonyl (C=O) groups is 1. The van der Waals surface area contributed by atoms with Gasteiger partial charge in [0, 0.05) is 20.1 Å². The van der Waals surface area contributed by atoms with Crippen molar-refractivity contribution in [3.8, 4) is 11.6 Å². The number of carbonyl (C=O) groups excluding carboxylic acids is 1. The van der Waals surface area contributed by atoms with Crippen LogP contribution in [-0.2, 0) is 11.8 Å². The molecule has 0 spiro atoms. The summed E-state index contributed by atoms with van der Waals surface area (Å²) in [5, 5.41) is 9.01. The van der Waals surface area contributed by atoms with Crippen LogP contribution >= 0.6 is 11.8 Å². The third kappa shape index (κ3) is 3.19. The van der Waals surface area contributed by atoms with Crippen molar-refractivity contribution in [3.63, 3.8) is 0 Å². The van der Waals surface area contributed by atoms with E-state index in [9.17, 15) is 4.79 Å². The van der Waals surface area contributed by atoms with E-state index in [0.717, 1.165) is 37.0 Å². The fourth-order valence-electron chi connectivity index (χ4n) is 2.54. The molecule has 3 rings (SSSR count). The number of hydrogen-bond donors (Lipinski definition) is 0. The summed E-state index contributed by atoms with van der Waals surface area (Å²) in [5.74, 6) is 2.66. The number of hydrogen-bond acceptors (Lipinski definition) is 5. The molecule has 0 aromatic carbocycles. The van der Waals surface area contributed by atoms with Crippen molar-refractivity contribution in [1.82, 2.24) is 19.7 Å². The van der Waals surface area contributed by atoms with Gasteiger partial charge in [-0.1, -0.05) is 18.7 Å². The van der Waals surface area contributed by atoms with Gasteiger partial charge in [0.1, 0.15) is 0 Å². The zero-order chi connectivity index (χ0) is 15.5. The van der Waals surface area contributed by atoms with Gasteiger partial charge < -0.3 is 13.9 Å². The maximum absolute atomic E-state index is 12.3. The topological polar surface area (TPSA) is 64.2 Å². The Bertz CT molecular complexity index is 630. The molecular weight excluding hydrogens is 300 g/mol. The van der Waals surface area contributed by atoms with Gasteiger partial charge in [-0.05, 0) is 30.9 Å². The Balaban J connectivity index is 1.59. The number of furan rings is 1. The van der Waals surface area contributed by atoms with Crippen LogP contribution in [0.1, 0.15) is 19.8 Å². The molecule has 2 aromatic heterocycles. The highest BCUT2D eigenvalue weighted by atomic mass is 32.2. The van der Waals surface area contributed by atoms with Gasteiger partial charge in [-0.25, -0.2) is 0 Å². The Kier molecular flexibility index (Phi) is 4.52. The summed E-state index contributed by atoms with van der Waals surface area (Å²) < 4.78 is 7.19. The van der Waals surface area contributed by atoms with Gasteiger partial charge in [-0.3, -0.25) is 4.79 Å². The lowest BCUT2D eigenvalue weighted by atomic mass is 9.99. The third-order valence-electron chi connectivity index (χ3n) is 4.04. The number of rotatable bonds is 4. The predicted octanol–water partition coefficient (Wildman–Crippen LogP) is 2.43. The molecule has 0 aliphatic carbocycles. The van der Waals surface area contributed by atoms with Gasteiger partial charge in [0.2, 0.25) is 5.91 Å². The molecule has 0 N–H and O–H groups in total. The van der Waals surface area contributed by atoms with Crippen molar-refractivity contribution >= 4 is 17.7 Å². The molecule has 0 saturated carbocycles. The number of amides is 1. The first-order valence-corrected chi connectivity index (χ1v) is 8.47. The van der Waals surface area contributed by atoms with E-state index in [0.29, 0.717) is 17.3 Å². The molecule has 7 heteroatoms. The van der Waals surface area contributed by atoms with Crippen LogP contribution in [0.3, 0.4) is 0 Å². The lowest BCUT2D eigenvalue weighted by Gasteiger charge is -2.30. The maximum Gasteiger partial charge on any atom is 0.233 e. The van der Waals surface area contributed by atoms with Crippen molar-refractivity contribution in [2.75, 3.05) is 18.8 Å². The Morgan fingerprint density at radius 1 is 1.41 bits per heavy atom. The first-order chi connectivity index (χ1) is 10.6. The van der Waals surface area contributed by atoms with E-state index >= 15 is 0 Å². The van der Waals surface area contributed by atoms with Crippen LogP contribution in [0.4, 0.5) is 0 Å². The largest absolute Gasteiger partial charge is 0.461 e. The van der Waals surface area contributed by atoms with E-state index in [1.54, 1.807) is 6.26 Å². The van der Waals surface area contributed by atoms with Crippen molar-refractivity contribution in [1.29, 1.82) is 0 Å². The van der Waals surface area contributed by atoms with Crippen LogP contribution < -0.4 is 0 Å². The number of piperidine rings is 1. The van der Waals surface area contributed by atoms with E-state index in [2.05, 4.69) is 17.1 Å². The Hall–Kier alpha value is -1.76. The quantitative estimate of drug-likeness (QED) is 0.810. The first-order valence-electron chi connectivity index (χ1n) is 7.49. The summed E-state index contributed by atoms with van der Waals surface area (Å²) in [5.41, 5.74) is 0. The molecule has 1 aliphatic rings. The molecule has 0 radical (unpaired) electrons. The molecule has 6 nitrogen and oxygen atoms in total. The number of nitrogens with zero attached hydrogens (tertiary/aromatic N) is 4. The number of thioether (sulfide) groups is 1. The zero-order valence-electron chi connectivity index (χ0n) is 12.9. The van der Waals surface area contributed by atoms with Crippen molar-refractivity contribution < 1.29 is 9.21 Å². The molecule has 1 amide bonds. The van der Waals surface area contributed by atoms with E-state index in [1.807, 2.05) is 28.6 Å². The molecule has 1 aliphatic heterocycles. The molecule has 0 unspecified atom stereocenters. The number of likely N-dealkylation sites (tertiary alicyclic amines) is 1. The molecule has 1 fully saturated rings. The average Bonchev–Trinajstić information content (AvgIpc) is 3.15. The van der Waals surface area contributed by atoms with Gasteiger partial charge >= 0.3 is 0 Å². The number of aromatic nitrogens is 3. The van der Waals surface area contributed by atoms with Crippen LogP contribution in [0.5, 0.6) is 0 Å². The van der Waals surface area contributed by atoms with Crippen molar-refractivity contribution in [2.24, 2.45) is 13.0 Å². The summed E-state index contributed by atoms with van der Waals surface area (Å²) >= 11 is 1.42. The minimum absolute atomic E-state index is 0.180. The van der Waals surface area contributed by atoms with Gasteiger partial charge in [-0.2, -0.15) is 0 Å². The highest BCUT2D eigenvalue weighted by Gasteiger charge is 2.21. The monoisotopic (exact) mass is 320 g/mol. The van der Waals surface area contributed by atoms with E-state index < -0.39 is 0 Å². The molecule has 118 valence electrons. The molecular formula is C15H20N4O2S. The van der Waals surface area contributed by atoms with E-state index in [1.165, 1.54) is 11.8 Å². The standard InChI is InChI=1S/C15H20N4O2S/c1-11-5-7-19(8-6-11)13(20)10-22-15-17-16-14(18(15)2)12-4-3-9-21-12/h3-4,9,11H,5-8,10H2,1-2H3. The summed E-state index contributed by atoms with van der Waals surface area (Å²) in [4.78, 5) is 14.2. The van der Waals surface area contributed by atoms with E-state index in [-0.39, 0.29) is 5.91 Å². The summed E-state index contributed by atoms with van der Waals surface area (Å²) in [6.45, 7) is 3.99. The van der Waals surface area contributed by atoms with Gasteiger partial charge in [0.05, 0.1) is 12.0 Å². The second-order valence-corrected chi connectivity index (χ2v) is 6.64. The molecule has 3 heterocycles. The summed E-state index contributed by atoms with van der Waals surface area (Å²) in [6, 6.07) is 3.66. The lowest BCUT2D eigenvalue weighted by molar-refractivity contribution is -0.129. The van der Waals surface area contributed by atoms with Gasteiger partial charge in [-0.15, -0.1) is 10.2 Å². The summed E-state index contributed by atoms with van der Waals surface area (Å²) in [6.07, 6.45) is 3.81. The van der Waals surface area contributed by atoms with Crippen LogP contribution in [-0.4, -0.2) is 44.4 Å². The minimum atomic E-state index is 0.180. The summed E-state index contributed by atoms with van der Waals surface area (Å²) in [7, 11) is 1.88. The average molecular weight is 320 g/mol. The van der Waals surface area contributed by atoms with E-state index in [4.69, 9.17) is 4.42 Å². The molecule has 22 heavy (non-hydrogen) atoms. The minimum Gasteiger partial charge on any atom is -0.461 e. The molecule has 0 bridgehead atoms. The van der Waals surface area contributed by atoms with Crippen molar-refractivity contribution in [2.45, 2.75) is 24.9 Å². The smallest absolute Gasteiger partial charge is 0.233 e. The molecule has 0 atom stereocenters. The highest BCUT2D eigenvalue weighted by Crippen LogP contribution is 2.24. The fraction of sp³-hybridized carbons (Fsp3) is 0.533. The lowest BCUT2D eigenvalue weighted by Crippen LogP contribution is -2.38. The van der Waals surface area contributed by atoms with Gasteiger partial charge in [0.25, 0.3) is 0 Å². The highest BCUT2D eigenvalue weighted by molar-refractivity contribution is 7.99. The Morgan fingerprint density at radius 3 is 2.86 bits per heavy atom. The third-order valence-corrected chi connectivity index (χ3v) is 5.04. The molecule has 2 aromatic rings. The first kappa shape index (κ1) is 15.1. The zero-order valence-corrected chi connectivity index (χ0v) is 13.7. The van der Waals surface area contributed by atoms with Crippen LogP contribution in [0.2, 0.25) is 0 Å². The van der Waals surface area contributed by atoms with Crippen LogP contribution in [0.25, 0.3) is 11.6 Å². The Labute approximate surface area is 133 Å². The normalized spacial score (nSPS) is 16.2. The predicted molar refractivity (Wildman–Crippen MR) is 84.4 cm³/mol. The SMILES string of the molecule is CC1CCN(C(=O)CSc2nnc(-c3ccco3)n2C)CC1. The Morgan fingerprint density at radius 2 is 2.18 bits per heavy atom. The molecule has 1 saturated heterocycles. The second-order valence-electron chi connectivity index (χ2n) is 5.69. The van der Waals surface area contributed by atoms with Crippen LogP contribution in [0, 0.1) is 5.92 Å². The van der Waals surface area contributed by atoms with Gasteiger partial charge in [0.15, 0.2) is 16.7 Å².